The average molecular weight is 301 g/mol. The van der Waals surface area contributed by atoms with Crippen molar-refractivity contribution < 1.29 is 4.42 Å². The molecule has 0 saturated heterocycles. The summed E-state index contributed by atoms with van der Waals surface area (Å²) in [6, 6.07) is 20.0. The van der Waals surface area contributed by atoms with Crippen molar-refractivity contribution in [3.63, 3.8) is 0 Å². The Labute approximate surface area is 133 Å². The van der Waals surface area contributed by atoms with Crippen molar-refractivity contribution in [1.29, 1.82) is 0 Å². The summed E-state index contributed by atoms with van der Waals surface area (Å²) in [5.74, 6) is 1.45. The van der Waals surface area contributed by atoms with Crippen LogP contribution < -0.4 is 5.43 Å². The molecule has 1 N–H and O–H groups in total. The molecule has 4 nitrogen and oxygen atoms in total. The summed E-state index contributed by atoms with van der Waals surface area (Å²) in [4.78, 5) is 4.18. The van der Waals surface area contributed by atoms with Crippen LogP contribution in [0, 0.1) is 0 Å². The van der Waals surface area contributed by atoms with Gasteiger partial charge in [0.1, 0.15) is 17.1 Å². The Hall–Kier alpha value is -3.14. The predicted octanol–water partition coefficient (Wildman–Crippen LogP) is 4.82. The molecule has 4 heteroatoms. The lowest BCUT2D eigenvalue weighted by molar-refractivity contribution is 0.604. The van der Waals surface area contributed by atoms with Crippen molar-refractivity contribution in [2.24, 2.45) is 5.10 Å². The lowest BCUT2D eigenvalue weighted by Gasteiger charge is -1.99. The van der Waals surface area contributed by atoms with Crippen LogP contribution in [0.25, 0.3) is 21.7 Å². The van der Waals surface area contributed by atoms with Gasteiger partial charge in [0, 0.05) is 11.6 Å². The van der Waals surface area contributed by atoms with E-state index in [0.29, 0.717) is 5.82 Å². The summed E-state index contributed by atoms with van der Waals surface area (Å²) < 4.78 is 5.94. The van der Waals surface area contributed by atoms with E-state index in [1.54, 1.807) is 6.20 Å². The minimum atomic E-state index is 0.702. The highest BCUT2D eigenvalue weighted by molar-refractivity contribution is 6.09. The van der Waals surface area contributed by atoms with E-state index in [9.17, 15) is 0 Å². The molecule has 0 atom stereocenters. The third kappa shape index (κ3) is 2.55. The highest BCUT2D eigenvalue weighted by atomic mass is 16.3. The van der Waals surface area contributed by atoms with Crippen LogP contribution in [0.5, 0.6) is 0 Å². The van der Waals surface area contributed by atoms with Crippen LogP contribution in [-0.4, -0.2) is 10.7 Å². The van der Waals surface area contributed by atoms with Crippen LogP contribution in [0.15, 0.2) is 76.4 Å². The number of aromatic nitrogens is 1. The second-order valence-corrected chi connectivity index (χ2v) is 5.33. The molecule has 0 amide bonds. The first-order valence-electron chi connectivity index (χ1n) is 7.44. The van der Waals surface area contributed by atoms with E-state index in [2.05, 4.69) is 33.7 Å². The summed E-state index contributed by atoms with van der Waals surface area (Å²) in [7, 11) is 0. The van der Waals surface area contributed by atoms with Crippen molar-refractivity contribution in [3.8, 4) is 0 Å². The molecule has 0 unspecified atom stereocenters. The molecule has 0 saturated carbocycles. The minimum absolute atomic E-state index is 0.702. The molecule has 2 aromatic carbocycles. The van der Waals surface area contributed by atoms with Crippen LogP contribution in [0.2, 0.25) is 0 Å². The topological polar surface area (TPSA) is 50.4 Å². The lowest BCUT2D eigenvalue weighted by Crippen LogP contribution is -1.99. The lowest BCUT2D eigenvalue weighted by atomic mass is 10.1. The molecule has 0 aliphatic heterocycles. The molecule has 0 bridgehead atoms. The minimum Gasteiger partial charge on any atom is -0.455 e. The van der Waals surface area contributed by atoms with Gasteiger partial charge in [0.05, 0.1) is 0 Å². The fourth-order valence-corrected chi connectivity index (χ4v) is 2.60. The van der Waals surface area contributed by atoms with Gasteiger partial charge >= 0.3 is 0 Å². The molecule has 4 aromatic rings. The number of pyridine rings is 1. The standard InChI is InChI=1S/C19H15N3O/c1-13(21-22-19-8-4-5-11-20-19)18-12-16-15-7-3-2-6-14(15)9-10-17(16)23-18/h2-12H,1H3,(H,20,22)/b21-13+. The van der Waals surface area contributed by atoms with E-state index in [-0.39, 0.29) is 0 Å². The summed E-state index contributed by atoms with van der Waals surface area (Å²) in [6.45, 7) is 1.91. The molecule has 0 aliphatic rings. The number of nitrogens with one attached hydrogen (secondary N) is 1. The summed E-state index contributed by atoms with van der Waals surface area (Å²) >= 11 is 0. The van der Waals surface area contributed by atoms with Crippen molar-refractivity contribution in [1.82, 2.24) is 4.98 Å². The first-order chi connectivity index (χ1) is 11.3. The third-order valence-corrected chi connectivity index (χ3v) is 3.79. The van der Waals surface area contributed by atoms with Gasteiger partial charge in [-0.3, -0.25) is 5.43 Å². The van der Waals surface area contributed by atoms with E-state index >= 15 is 0 Å². The van der Waals surface area contributed by atoms with Crippen LogP contribution in [0.1, 0.15) is 12.7 Å². The number of hydrogen-bond acceptors (Lipinski definition) is 4. The number of furan rings is 1. The summed E-state index contributed by atoms with van der Waals surface area (Å²) in [6.07, 6.45) is 1.72. The van der Waals surface area contributed by atoms with Gasteiger partial charge in [0.25, 0.3) is 0 Å². The van der Waals surface area contributed by atoms with E-state index in [0.717, 1.165) is 22.4 Å². The Kier molecular flexibility index (Phi) is 3.27. The van der Waals surface area contributed by atoms with Crippen molar-refractivity contribution in [2.75, 3.05) is 5.43 Å². The molecule has 0 aliphatic carbocycles. The number of hydrogen-bond donors (Lipinski definition) is 1. The number of nitrogens with zero attached hydrogens (tertiary/aromatic N) is 2. The molecular weight excluding hydrogens is 286 g/mol. The van der Waals surface area contributed by atoms with E-state index in [1.807, 2.05) is 49.4 Å². The maximum Gasteiger partial charge on any atom is 0.151 e. The zero-order chi connectivity index (χ0) is 15.6. The molecular formula is C19H15N3O. The monoisotopic (exact) mass is 301 g/mol. The maximum atomic E-state index is 5.94. The van der Waals surface area contributed by atoms with E-state index < -0.39 is 0 Å². The maximum absolute atomic E-state index is 5.94. The smallest absolute Gasteiger partial charge is 0.151 e. The van der Waals surface area contributed by atoms with Crippen molar-refractivity contribution in [3.05, 3.63) is 72.6 Å². The first-order valence-corrected chi connectivity index (χ1v) is 7.44. The Balaban J connectivity index is 1.72. The summed E-state index contributed by atoms with van der Waals surface area (Å²) in [5.41, 5.74) is 4.58. The summed E-state index contributed by atoms with van der Waals surface area (Å²) in [5, 5.41) is 7.84. The van der Waals surface area contributed by atoms with Crippen LogP contribution in [0.3, 0.4) is 0 Å². The molecule has 2 aromatic heterocycles. The molecule has 2 heterocycles. The van der Waals surface area contributed by atoms with Crippen LogP contribution in [-0.2, 0) is 0 Å². The van der Waals surface area contributed by atoms with Crippen LogP contribution in [0.4, 0.5) is 5.82 Å². The Morgan fingerprint density at radius 1 is 1.00 bits per heavy atom. The second-order valence-electron chi connectivity index (χ2n) is 5.33. The normalized spacial score (nSPS) is 12.0. The largest absolute Gasteiger partial charge is 0.455 e. The number of fused-ring (bicyclic) bond motifs is 3. The van der Waals surface area contributed by atoms with E-state index in [1.165, 1.54) is 10.8 Å². The predicted molar refractivity (Wildman–Crippen MR) is 93.8 cm³/mol. The van der Waals surface area contributed by atoms with Gasteiger partial charge in [-0.25, -0.2) is 4.98 Å². The third-order valence-electron chi connectivity index (χ3n) is 3.79. The number of hydrazone groups is 1. The molecule has 0 fully saturated rings. The Morgan fingerprint density at radius 2 is 1.87 bits per heavy atom. The number of benzene rings is 2. The highest BCUT2D eigenvalue weighted by Gasteiger charge is 2.09. The zero-order valence-corrected chi connectivity index (χ0v) is 12.7. The molecule has 23 heavy (non-hydrogen) atoms. The quantitative estimate of drug-likeness (QED) is 0.436. The first kappa shape index (κ1) is 13.5. The highest BCUT2D eigenvalue weighted by Crippen LogP contribution is 2.28. The Morgan fingerprint density at radius 3 is 2.74 bits per heavy atom. The van der Waals surface area contributed by atoms with Crippen molar-refractivity contribution >= 4 is 33.3 Å². The average Bonchev–Trinajstić information content (AvgIpc) is 3.05. The fraction of sp³-hybridized carbons (Fsp3) is 0.0526. The SMILES string of the molecule is C/C(=N\Nc1ccccn1)c1cc2c(ccc3ccccc32)o1. The fourth-order valence-electron chi connectivity index (χ4n) is 2.60. The van der Waals surface area contributed by atoms with E-state index in [4.69, 9.17) is 4.42 Å². The second kappa shape index (κ2) is 5.57. The Bertz CT molecular complexity index is 1000. The number of rotatable bonds is 3. The van der Waals surface area contributed by atoms with Gasteiger partial charge in [-0.2, -0.15) is 5.10 Å². The van der Waals surface area contributed by atoms with Gasteiger partial charge in [-0.1, -0.05) is 36.4 Å². The van der Waals surface area contributed by atoms with Crippen molar-refractivity contribution in [2.45, 2.75) is 6.92 Å². The van der Waals surface area contributed by atoms with Gasteiger partial charge < -0.3 is 4.42 Å². The van der Waals surface area contributed by atoms with Gasteiger partial charge in [-0.15, -0.1) is 0 Å². The van der Waals surface area contributed by atoms with Gasteiger partial charge in [0.15, 0.2) is 5.76 Å². The molecule has 0 radical (unpaired) electrons. The zero-order valence-electron chi connectivity index (χ0n) is 12.7. The van der Waals surface area contributed by atoms with Crippen LogP contribution >= 0.6 is 0 Å². The van der Waals surface area contributed by atoms with Gasteiger partial charge in [0.2, 0.25) is 0 Å². The molecule has 4 rings (SSSR count). The number of anilines is 1. The van der Waals surface area contributed by atoms with Gasteiger partial charge in [-0.05, 0) is 42.0 Å². The molecule has 0 spiro atoms. The molecule has 112 valence electrons.